The molecule has 1 saturated heterocycles. The van der Waals surface area contributed by atoms with E-state index in [-0.39, 0.29) is 18.1 Å². The molecule has 2 aromatic carbocycles. The van der Waals surface area contributed by atoms with Crippen molar-refractivity contribution in [1.82, 2.24) is 0 Å². The number of carbonyl (C=O) groups is 2. The summed E-state index contributed by atoms with van der Waals surface area (Å²) in [5.41, 5.74) is 1.47. The molecule has 0 bridgehead atoms. The Hall–Kier alpha value is -4.20. The lowest BCUT2D eigenvalue weighted by Crippen LogP contribution is -2.29. The molecule has 0 spiro atoms. The Morgan fingerprint density at radius 2 is 1.91 bits per heavy atom. The number of aliphatic hydroxyl groups is 1. The van der Waals surface area contributed by atoms with Crippen LogP contribution in [-0.2, 0) is 9.59 Å². The fraction of sp³-hybridized carbons (Fsp3) is 0.167. The fourth-order valence-electron chi connectivity index (χ4n) is 4.02. The second-order valence-corrected chi connectivity index (χ2v) is 7.40. The van der Waals surface area contributed by atoms with E-state index in [0.29, 0.717) is 39.8 Å². The zero-order valence-electron chi connectivity index (χ0n) is 17.3. The molecule has 2 aliphatic rings. The number of hydrogen-bond acceptors (Lipinski definition) is 7. The number of benzene rings is 2. The normalized spacial score (nSPS) is 18.9. The molecule has 0 saturated carbocycles. The average molecular weight is 433 g/mol. The molecule has 8 nitrogen and oxygen atoms in total. The molecule has 1 amide bonds. The number of Topliss-reactive ketones (excluding diaryl/α,β-unsaturated/α-hetero) is 1. The van der Waals surface area contributed by atoms with Crippen molar-refractivity contribution < 1.29 is 33.3 Å². The lowest BCUT2D eigenvalue weighted by atomic mass is 9.96. The minimum absolute atomic E-state index is 0.0594. The molecule has 162 valence electrons. The van der Waals surface area contributed by atoms with Gasteiger partial charge in [0.25, 0.3) is 11.7 Å². The number of furan rings is 1. The molecule has 32 heavy (non-hydrogen) atoms. The van der Waals surface area contributed by atoms with Crippen LogP contribution >= 0.6 is 0 Å². The lowest BCUT2D eigenvalue weighted by molar-refractivity contribution is -0.132. The third-order valence-corrected chi connectivity index (χ3v) is 5.58. The fourth-order valence-corrected chi connectivity index (χ4v) is 4.02. The summed E-state index contributed by atoms with van der Waals surface area (Å²) in [6.45, 7) is 1.86. The summed E-state index contributed by atoms with van der Waals surface area (Å²) in [5.74, 6) is 0.0993. The Bertz CT molecular complexity index is 1260. The van der Waals surface area contributed by atoms with Crippen LogP contribution in [-0.4, -0.2) is 30.7 Å². The first-order valence-corrected chi connectivity index (χ1v) is 9.88. The molecule has 2 aliphatic heterocycles. The molecule has 1 atom stereocenters. The number of anilines is 1. The molecule has 3 heterocycles. The van der Waals surface area contributed by atoms with E-state index in [1.54, 1.807) is 62.6 Å². The van der Waals surface area contributed by atoms with E-state index < -0.39 is 17.7 Å². The maximum Gasteiger partial charge on any atom is 0.300 e. The number of ether oxygens (including phenoxy) is 3. The summed E-state index contributed by atoms with van der Waals surface area (Å²) in [6.07, 6.45) is 1.45. The molecule has 1 N–H and O–H groups in total. The highest BCUT2D eigenvalue weighted by Crippen LogP contribution is 2.45. The van der Waals surface area contributed by atoms with Gasteiger partial charge >= 0.3 is 0 Å². The zero-order valence-corrected chi connectivity index (χ0v) is 17.3. The minimum Gasteiger partial charge on any atom is -0.507 e. The van der Waals surface area contributed by atoms with Gasteiger partial charge in [0.05, 0.1) is 18.9 Å². The van der Waals surface area contributed by atoms with Crippen LogP contribution < -0.4 is 19.1 Å². The van der Waals surface area contributed by atoms with Crippen LogP contribution in [0.2, 0.25) is 0 Å². The monoisotopic (exact) mass is 433 g/mol. The number of nitrogens with zero attached hydrogens (tertiary/aromatic N) is 1. The number of aliphatic hydroxyl groups excluding tert-OH is 1. The van der Waals surface area contributed by atoms with Gasteiger partial charge in [0.1, 0.15) is 23.3 Å². The Kier molecular flexibility index (Phi) is 4.62. The first-order chi connectivity index (χ1) is 15.5. The summed E-state index contributed by atoms with van der Waals surface area (Å²) in [5, 5.41) is 11.2. The highest BCUT2D eigenvalue weighted by atomic mass is 16.7. The highest BCUT2D eigenvalue weighted by molar-refractivity contribution is 6.51. The molecule has 1 aromatic heterocycles. The first-order valence-electron chi connectivity index (χ1n) is 9.88. The van der Waals surface area contributed by atoms with E-state index in [1.807, 2.05) is 0 Å². The van der Waals surface area contributed by atoms with Gasteiger partial charge in [-0.1, -0.05) is 0 Å². The summed E-state index contributed by atoms with van der Waals surface area (Å²) < 4.78 is 21.6. The quantitative estimate of drug-likeness (QED) is 0.378. The van der Waals surface area contributed by atoms with Crippen LogP contribution in [0.4, 0.5) is 5.69 Å². The van der Waals surface area contributed by atoms with Gasteiger partial charge in [-0.05, 0) is 55.0 Å². The largest absolute Gasteiger partial charge is 0.507 e. The Balaban J connectivity index is 1.68. The standard InChI is InChI=1S/C24H19NO7/c1-13-10-15(29-2)6-7-16(13)22(26)20-21(18-4-3-9-30-18)25(24(28)23(20)27)14-5-8-17-19(11-14)32-12-31-17/h3-11,21,26H,12H2,1-2H3/b22-20-. The number of aryl methyl sites for hydroxylation is 1. The van der Waals surface area contributed by atoms with E-state index in [1.165, 1.54) is 11.2 Å². The van der Waals surface area contributed by atoms with Crippen LogP contribution in [0.15, 0.2) is 64.8 Å². The predicted octanol–water partition coefficient (Wildman–Crippen LogP) is 3.95. The van der Waals surface area contributed by atoms with Gasteiger partial charge in [-0.25, -0.2) is 0 Å². The minimum atomic E-state index is -0.952. The number of carbonyl (C=O) groups excluding carboxylic acids is 2. The smallest absolute Gasteiger partial charge is 0.300 e. The second-order valence-electron chi connectivity index (χ2n) is 7.40. The van der Waals surface area contributed by atoms with Gasteiger partial charge in [-0.2, -0.15) is 0 Å². The first kappa shape index (κ1) is 19.7. The van der Waals surface area contributed by atoms with Gasteiger partial charge in [0.2, 0.25) is 6.79 Å². The Morgan fingerprint density at radius 3 is 2.62 bits per heavy atom. The average Bonchev–Trinajstić information content (AvgIpc) is 3.53. The molecular formula is C24H19NO7. The van der Waals surface area contributed by atoms with Gasteiger partial charge in [0, 0.05) is 17.3 Å². The Morgan fingerprint density at radius 1 is 1.09 bits per heavy atom. The van der Waals surface area contributed by atoms with Crippen LogP contribution in [0.5, 0.6) is 17.2 Å². The van der Waals surface area contributed by atoms with Crippen LogP contribution in [0.25, 0.3) is 5.76 Å². The van der Waals surface area contributed by atoms with E-state index >= 15 is 0 Å². The highest BCUT2D eigenvalue weighted by Gasteiger charge is 2.48. The van der Waals surface area contributed by atoms with Crippen LogP contribution in [0.3, 0.4) is 0 Å². The summed E-state index contributed by atoms with van der Waals surface area (Å²) in [4.78, 5) is 27.6. The SMILES string of the molecule is COc1ccc(/C(O)=C2/C(=O)C(=O)N(c3ccc4c(c3)OCO4)C2c2ccco2)c(C)c1. The number of hydrogen-bond donors (Lipinski definition) is 1. The van der Waals surface area contributed by atoms with Gasteiger partial charge in [-0.3, -0.25) is 14.5 Å². The molecule has 8 heteroatoms. The van der Waals surface area contributed by atoms with E-state index in [4.69, 9.17) is 18.6 Å². The van der Waals surface area contributed by atoms with E-state index in [0.717, 1.165) is 0 Å². The maximum atomic E-state index is 13.1. The number of methoxy groups -OCH3 is 1. The number of amides is 1. The summed E-state index contributed by atoms with van der Waals surface area (Å²) >= 11 is 0. The van der Waals surface area contributed by atoms with Crippen molar-refractivity contribution in [3.8, 4) is 17.2 Å². The lowest BCUT2D eigenvalue weighted by Gasteiger charge is -2.23. The molecule has 3 aromatic rings. The van der Waals surface area contributed by atoms with Crippen molar-refractivity contribution in [3.05, 3.63) is 77.3 Å². The maximum absolute atomic E-state index is 13.1. The number of rotatable bonds is 4. The van der Waals surface area contributed by atoms with E-state index in [9.17, 15) is 14.7 Å². The Labute approximate surface area is 183 Å². The van der Waals surface area contributed by atoms with Crippen molar-refractivity contribution in [2.24, 2.45) is 0 Å². The molecule has 5 rings (SSSR count). The van der Waals surface area contributed by atoms with Crippen molar-refractivity contribution in [2.45, 2.75) is 13.0 Å². The van der Waals surface area contributed by atoms with Gasteiger partial charge in [0.15, 0.2) is 11.5 Å². The zero-order chi connectivity index (χ0) is 22.4. The molecule has 1 unspecified atom stereocenters. The van der Waals surface area contributed by atoms with Crippen molar-refractivity contribution in [2.75, 3.05) is 18.8 Å². The number of ketones is 1. The summed E-state index contributed by atoms with van der Waals surface area (Å²) in [7, 11) is 1.54. The number of fused-ring (bicyclic) bond motifs is 1. The van der Waals surface area contributed by atoms with Gasteiger partial charge in [-0.15, -0.1) is 0 Å². The van der Waals surface area contributed by atoms with Crippen molar-refractivity contribution >= 4 is 23.1 Å². The summed E-state index contributed by atoms with van der Waals surface area (Å²) in [6, 6.07) is 12.4. The predicted molar refractivity (Wildman–Crippen MR) is 114 cm³/mol. The molecule has 1 fully saturated rings. The second kappa shape index (κ2) is 7.49. The molecule has 0 radical (unpaired) electrons. The molecular weight excluding hydrogens is 414 g/mol. The van der Waals surface area contributed by atoms with Crippen LogP contribution in [0, 0.1) is 6.92 Å². The third kappa shape index (κ3) is 2.99. The van der Waals surface area contributed by atoms with Crippen molar-refractivity contribution in [1.29, 1.82) is 0 Å². The third-order valence-electron chi connectivity index (χ3n) is 5.58. The van der Waals surface area contributed by atoms with Gasteiger partial charge < -0.3 is 23.7 Å². The van der Waals surface area contributed by atoms with Crippen LogP contribution in [0.1, 0.15) is 22.9 Å². The van der Waals surface area contributed by atoms with Crippen molar-refractivity contribution in [3.63, 3.8) is 0 Å². The van der Waals surface area contributed by atoms with E-state index in [2.05, 4.69) is 0 Å². The topological polar surface area (TPSA) is 98.4 Å². The molecule has 0 aliphatic carbocycles.